The topological polar surface area (TPSA) is 57.3 Å². The van der Waals surface area contributed by atoms with Gasteiger partial charge >= 0.3 is 0 Å². The van der Waals surface area contributed by atoms with Crippen molar-refractivity contribution in [3.63, 3.8) is 0 Å². The third-order valence-electron chi connectivity index (χ3n) is 5.68. The van der Waals surface area contributed by atoms with Crippen molar-refractivity contribution >= 4 is 28.8 Å². The van der Waals surface area contributed by atoms with Crippen LogP contribution in [0.2, 0.25) is 0 Å². The Bertz CT molecular complexity index is 745. The molecule has 1 saturated heterocycles. The van der Waals surface area contributed by atoms with Crippen molar-refractivity contribution in [2.75, 3.05) is 28.6 Å². The van der Waals surface area contributed by atoms with Crippen molar-refractivity contribution in [2.45, 2.75) is 46.5 Å². The number of nitrogens with zero attached hydrogens (tertiary/aromatic N) is 2. The Labute approximate surface area is 168 Å². The fraction of sp³-hybridized carbons (Fsp3) is 0.478. The zero-order valence-electron chi connectivity index (χ0n) is 17.2. The molecule has 2 N–H and O–H groups in total. The molecule has 1 fully saturated rings. The second-order valence-corrected chi connectivity index (χ2v) is 7.78. The summed E-state index contributed by atoms with van der Waals surface area (Å²) in [5, 5.41) is 6.27. The maximum absolute atomic E-state index is 12.2. The first-order valence-electron chi connectivity index (χ1n) is 10.5. The summed E-state index contributed by atoms with van der Waals surface area (Å²) in [6.45, 7) is 8.69. The first-order valence-corrected chi connectivity index (χ1v) is 10.5. The van der Waals surface area contributed by atoms with Crippen molar-refractivity contribution in [1.82, 2.24) is 4.98 Å². The molecule has 1 aliphatic rings. The van der Waals surface area contributed by atoms with Crippen molar-refractivity contribution in [1.29, 1.82) is 0 Å². The van der Waals surface area contributed by atoms with Crippen molar-refractivity contribution in [3.8, 4) is 0 Å². The summed E-state index contributed by atoms with van der Waals surface area (Å²) in [5.74, 6) is 1.72. The lowest BCUT2D eigenvalue weighted by molar-refractivity contribution is -0.120. The summed E-state index contributed by atoms with van der Waals surface area (Å²) in [4.78, 5) is 19.1. The third-order valence-corrected chi connectivity index (χ3v) is 5.68. The second kappa shape index (κ2) is 9.58. The molecule has 5 heteroatoms. The molecule has 150 valence electrons. The Hall–Kier alpha value is -2.56. The van der Waals surface area contributed by atoms with E-state index in [1.54, 1.807) is 6.20 Å². The Morgan fingerprint density at radius 2 is 1.71 bits per heavy atom. The van der Waals surface area contributed by atoms with Gasteiger partial charge in [0.05, 0.1) is 11.9 Å². The first kappa shape index (κ1) is 20.2. The molecule has 28 heavy (non-hydrogen) atoms. The van der Waals surface area contributed by atoms with Gasteiger partial charge in [0.15, 0.2) is 0 Å². The van der Waals surface area contributed by atoms with E-state index in [-0.39, 0.29) is 11.8 Å². The molecule has 0 bridgehead atoms. The number of rotatable bonds is 7. The third kappa shape index (κ3) is 5.24. The number of hydrogen-bond donors (Lipinski definition) is 2. The molecular weight excluding hydrogens is 348 g/mol. The Morgan fingerprint density at radius 1 is 1.07 bits per heavy atom. The molecule has 1 amide bonds. The van der Waals surface area contributed by atoms with Crippen LogP contribution in [0.4, 0.5) is 22.9 Å². The highest BCUT2D eigenvalue weighted by atomic mass is 16.1. The van der Waals surface area contributed by atoms with Crippen molar-refractivity contribution in [2.24, 2.45) is 11.8 Å². The first-order chi connectivity index (χ1) is 13.6. The molecule has 1 aromatic heterocycles. The molecule has 0 saturated carbocycles. The highest BCUT2D eigenvalue weighted by Gasteiger charge is 2.16. The van der Waals surface area contributed by atoms with E-state index in [0.717, 1.165) is 49.0 Å². The molecule has 0 unspecified atom stereocenters. The van der Waals surface area contributed by atoms with Crippen molar-refractivity contribution in [3.05, 3.63) is 42.6 Å². The smallest absolute Gasteiger partial charge is 0.227 e. The maximum Gasteiger partial charge on any atom is 0.227 e. The average molecular weight is 381 g/mol. The fourth-order valence-corrected chi connectivity index (χ4v) is 3.62. The molecule has 0 spiro atoms. The lowest BCUT2D eigenvalue weighted by atomic mass is 9.99. The van der Waals surface area contributed by atoms with E-state index in [1.807, 2.05) is 26.0 Å². The second-order valence-electron chi connectivity index (χ2n) is 7.78. The number of aromatic nitrogens is 1. The number of anilines is 4. The summed E-state index contributed by atoms with van der Waals surface area (Å²) in [6.07, 6.45) is 5.93. The van der Waals surface area contributed by atoms with Gasteiger partial charge in [0.2, 0.25) is 5.91 Å². The predicted octanol–water partition coefficient (Wildman–Crippen LogP) is 5.44. The fourth-order valence-electron chi connectivity index (χ4n) is 3.62. The average Bonchev–Trinajstić information content (AvgIpc) is 2.72. The van der Waals surface area contributed by atoms with Crippen LogP contribution in [0.3, 0.4) is 0 Å². The number of amides is 1. The van der Waals surface area contributed by atoms with Crippen LogP contribution in [-0.2, 0) is 4.79 Å². The Morgan fingerprint density at radius 3 is 2.29 bits per heavy atom. The van der Waals surface area contributed by atoms with Gasteiger partial charge < -0.3 is 15.5 Å². The molecule has 2 aromatic rings. The van der Waals surface area contributed by atoms with Crippen LogP contribution in [0.1, 0.15) is 46.5 Å². The lowest BCUT2D eigenvalue weighted by Crippen LogP contribution is -2.32. The van der Waals surface area contributed by atoms with E-state index in [9.17, 15) is 4.79 Å². The van der Waals surface area contributed by atoms with Gasteiger partial charge in [-0.2, -0.15) is 0 Å². The molecule has 0 radical (unpaired) electrons. The number of pyridine rings is 1. The molecule has 1 aromatic carbocycles. The number of piperidine rings is 1. The molecule has 0 aliphatic carbocycles. The monoisotopic (exact) mass is 380 g/mol. The van der Waals surface area contributed by atoms with Gasteiger partial charge in [0.25, 0.3) is 0 Å². The minimum atomic E-state index is 0.0550. The van der Waals surface area contributed by atoms with Gasteiger partial charge in [-0.25, -0.2) is 4.98 Å². The summed E-state index contributed by atoms with van der Waals surface area (Å²) < 4.78 is 0. The van der Waals surface area contributed by atoms with E-state index >= 15 is 0 Å². The molecular formula is C23H32N4O. The van der Waals surface area contributed by atoms with E-state index in [0.29, 0.717) is 0 Å². The summed E-state index contributed by atoms with van der Waals surface area (Å²) in [5.41, 5.74) is 3.03. The standard InChI is InChI=1S/C23H32N4O/c1-4-18(5-2)23(28)26-20-8-11-22(24-16-20)25-19-6-9-21(10-7-19)27-14-12-17(3)13-15-27/h6-11,16-18H,4-5,12-15H2,1-3H3,(H,24,25)(H,26,28). The largest absolute Gasteiger partial charge is 0.372 e. The van der Waals surface area contributed by atoms with E-state index in [2.05, 4.69) is 51.7 Å². The maximum atomic E-state index is 12.2. The van der Waals surface area contributed by atoms with E-state index < -0.39 is 0 Å². The summed E-state index contributed by atoms with van der Waals surface area (Å²) in [7, 11) is 0. The van der Waals surface area contributed by atoms with E-state index in [1.165, 1.54) is 18.5 Å². The van der Waals surface area contributed by atoms with Crippen LogP contribution < -0.4 is 15.5 Å². The molecule has 1 aliphatic heterocycles. The minimum absolute atomic E-state index is 0.0550. The SMILES string of the molecule is CCC(CC)C(=O)Nc1ccc(Nc2ccc(N3CCC(C)CC3)cc2)nc1. The number of carbonyl (C=O) groups excluding carboxylic acids is 1. The summed E-state index contributed by atoms with van der Waals surface area (Å²) >= 11 is 0. The van der Waals surface area contributed by atoms with Crippen LogP contribution in [0.15, 0.2) is 42.6 Å². The molecule has 2 heterocycles. The van der Waals surface area contributed by atoms with Crippen LogP contribution in [-0.4, -0.2) is 24.0 Å². The zero-order chi connectivity index (χ0) is 19.9. The van der Waals surface area contributed by atoms with Crippen LogP contribution >= 0.6 is 0 Å². The Kier molecular flexibility index (Phi) is 6.90. The van der Waals surface area contributed by atoms with Crippen molar-refractivity contribution < 1.29 is 4.79 Å². The molecule has 0 atom stereocenters. The highest BCUT2D eigenvalue weighted by Crippen LogP contribution is 2.25. The normalized spacial score (nSPS) is 14.9. The molecule has 3 rings (SSSR count). The highest BCUT2D eigenvalue weighted by molar-refractivity contribution is 5.92. The Balaban J connectivity index is 1.56. The van der Waals surface area contributed by atoms with Gasteiger partial charge in [0, 0.05) is 30.4 Å². The van der Waals surface area contributed by atoms with E-state index in [4.69, 9.17) is 0 Å². The van der Waals surface area contributed by atoms with Gasteiger partial charge in [0.1, 0.15) is 5.82 Å². The van der Waals surface area contributed by atoms with Gasteiger partial charge in [-0.05, 0) is 68.0 Å². The van der Waals surface area contributed by atoms with Gasteiger partial charge in [-0.3, -0.25) is 4.79 Å². The van der Waals surface area contributed by atoms with Crippen LogP contribution in [0.5, 0.6) is 0 Å². The molecule has 5 nitrogen and oxygen atoms in total. The quantitative estimate of drug-likeness (QED) is 0.672. The minimum Gasteiger partial charge on any atom is -0.372 e. The summed E-state index contributed by atoms with van der Waals surface area (Å²) in [6, 6.07) is 12.3. The zero-order valence-corrected chi connectivity index (χ0v) is 17.2. The number of hydrogen-bond acceptors (Lipinski definition) is 4. The number of benzene rings is 1. The van der Waals surface area contributed by atoms with Crippen LogP contribution in [0, 0.1) is 11.8 Å². The van der Waals surface area contributed by atoms with Gasteiger partial charge in [-0.1, -0.05) is 20.8 Å². The predicted molar refractivity (Wildman–Crippen MR) is 117 cm³/mol. The van der Waals surface area contributed by atoms with Crippen LogP contribution in [0.25, 0.3) is 0 Å². The lowest BCUT2D eigenvalue weighted by Gasteiger charge is -2.32. The van der Waals surface area contributed by atoms with Gasteiger partial charge in [-0.15, -0.1) is 0 Å². The number of carbonyl (C=O) groups is 1. The number of nitrogens with one attached hydrogen (secondary N) is 2.